The van der Waals surface area contributed by atoms with Gasteiger partial charge in [-0.25, -0.2) is 0 Å². The minimum atomic E-state index is -4.44. The highest BCUT2D eigenvalue weighted by molar-refractivity contribution is 6.09. The van der Waals surface area contributed by atoms with Crippen molar-refractivity contribution < 1.29 is 18.0 Å². The second-order valence-electron chi connectivity index (χ2n) is 6.47. The smallest absolute Gasteiger partial charge is 0.309 e. The fourth-order valence-corrected chi connectivity index (χ4v) is 3.76. The largest absolute Gasteiger partial charge is 0.398 e. The van der Waals surface area contributed by atoms with Gasteiger partial charge in [-0.3, -0.25) is 14.9 Å². The maximum Gasteiger partial charge on any atom is 0.398 e. The molecular weight excluding hydrogens is 309 g/mol. The molecule has 0 radical (unpaired) electrons. The number of nitrogens with two attached hydrogens (primary N) is 1. The number of ketones is 1. The van der Waals surface area contributed by atoms with E-state index in [1.165, 1.54) is 6.21 Å². The highest BCUT2D eigenvalue weighted by Crippen LogP contribution is 2.61. The number of nitrogens with zero attached hydrogens (tertiary/aromatic N) is 2. The van der Waals surface area contributed by atoms with Gasteiger partial charge < -0.3 is 5.73 Å². The second-order valence-corrected chi connectivity index (χ2v) is 6.47. The number of aromatic amines is 1. The third-order valence-corrected chi connectivity index (χ3v) is 5.00. The Bertz CT molecular complexity index is 707. The Morgan fingerprint density at radius 3 is 2.61 bits per heavy atom. The number of dihydropyridines is 1. The maximum atomic E-state index is 13.0. The van der Waals surface area contributed by atoms with Crippen molar-refractivity contribution >= 4 is 17.6 Å². The lowest BCUT2D eigenvalue weighted by atomic mass is 9.98. The van der Waals surface area contributed by atoms with Gasteiger partial charge in [-0.15, -0.1) is 0 Å². The third kappa shape index (κ3) is 2.41. The number of halogens is 3. The molecule has 5 atom stereocenters. The molecule has 3 aliphatic rings. The fourth-order valence-electron chi connectivity index (χ4n) is 3.76. The molecule has 122 valence electrons. The van der Waals surface area contributed by atoms with Crippen LogP contribution in [-0.2, 0) is 4.79 Å². The molecule has 3 N–H and O–H groups in total. The van der Waals surface area contributed by atoms with Crippen molar-refractivity contribution in [3.63, 3.8) is 0 Å². The normalized spacial score (nSPS) is 36.1. The van der Waals surface area contributed by atoms with Crippen LogP contribution in [0.15, 0.2) is 17.1 Å². The van der Waals surface area contributed by atoms with Gasteiger partial charge in [0, 0.05) is 36.2 Å². The number of nitrogens with one attached hydrogen (secondary N) is 1. The lowest BCUT2D eigenvalue weighted by Crippen LogP contribution is -2.39. The summed E-state index contributed by atoms with van der Waals surface area (Å²) in [6.07, 6.45) is -2.14. The summed E-state index contributed by atoms with van der Waals surface area (Å²) in [6, 6.07) is 1.76. The highest BCUT2D eigenvalue weighted by Gasteiger charge is 2.57. The minimum Gasteiger partial charge on any atom is -0.309 e. The SMILES string of the molecule is NC1N=CC(c2cc([C@H]3[C@@H]4CC(=O)C[C@@H]43)[nH]n2)=C[C@@H]1C(F)(F)F. The number of carbonyl (C=O) groups is 1. The van der Waals surface area contributed by atoms with Crippen LogP contribution >= 0.6 is 0 Å². The minimum absolute atomic E-state index is 0.274. The number of Topliss-reactive ketones (excluding diaryl/α,β-unsaturated/α-hetero) is 1. The van der Waals surface area contributed by atoms with Crippen LogP contribution < -0.4 is 5.73 Å². The maximum absolute atomic E-state index is 13.0. The number of hydrogen-bond acceptors (Lipinski definition) is 4. The Balaban J connectivity index is 1.55. The van der Waals surface area contributed by atoms with Gasteiger partial charge >= 0.3 is 6.18 Å². The van der Waals surface area contributed by atoms with E-state index in [0.29, 0.717) is 41.7 Å². The van der Waals surface area contributed by atoms with E-state index in [9.17, 15) is 18.0 Å². The van der Waals surface area contributed by atoms with Gasteiger partial charge in [0.1, 0.15) is 17.9 Å². The first-order valence-electron chi connectivity index (χ1n) is 7.49. The second kappa shape index (κ2) is 4.77. The van der Waals surface area contributed by atoms with E-state index in [2.05, 4.69) is 15.2 Å². The molecule has 2 aliphatic carbocycles. The predicted molar refractivity (Wildman–Crippen MR) is 76.5 cm³/mol. The molecule has 0 spiro atoms. The van der Waals surface area contributed by atoms with Gasteiger partial charge in [-0.1, -0.05) is 6.08 Å². The van der Waals surface area contributed by atoms with Crippen LogP contribution in [-0.4, -0.2) is 34.5 Å². The molecule has 2 fully saturated rings. The zero-order valence-corrected chi connectivity index (χ0v) is 12.0. The summed E-state index contributed by atoms with van der Waals surface area (Å²) < 4.78 is 38.9. The molecule has 2 heterocycles. The molecule has 1 aromatic heterocycles. The summed E-state index contributed by atoms with van der Waals surface area (Å²) in [6.45, 7) is 0. The Morgan fingerprint density at radius 1 is 1.26 bits per heavy atom. The number of rotatable bonds is 2. The van der Waals surface area contributed by atoms with Crippen molar-refractivity contribution in [1.29, 1.82) is 0 Å². The van der Waals surface area contributed by atoms with E-state index in [-0.39, 0.29) is 5.92 Å². The van der Waals surface area contributed by atoms with Crippen molar-refractivity contribution in [2.75, 3.05) is 0 Å². The Hall–Kier alpha value is -1.96. The van der Waals surface area contributed by atoms with Crippen LogP contribution in [0.5, 0.6) is 0 Å². The molecule has 4 rings (SSSR count). The summed E-state index contributed by atoms with van der Waals surface area (Å²) in [5, 5.41) is 7.01. The molecule has 1 aliphatic heterocycles. The van der Waals surface area contributed by atoms with Crippen molar-refractivity contribution in [3.8, 4) is 0 Å². The first kappa shape index (κ1) is 14.6. The number of hydrogen-bond donors (Lipinski definition) is 2. The molecule has 5 nitrogen and oxygen atoms in total. The van der Waals surface area contributed by atoms with Crippen LogP contribution in [0.3, 0.4) is 0 Å². The quantitative estimate of drug-likeness (QED) is 0.873. The van der Waals surface area contributed by atoms with E-state index < -0.39 is 18.3 Å². The van der Waals surface area contributed by atoms with Gasteiger partial charge in [0.05, 0.1) is 5.69 Å². The summed E-state index contributed by atoms with van der Waals surface area (Å²) in [5.41, 5.74) is 7.06. The monoisotopic (exact) mass is 324 g/mol. The summed E-state index contributed by atoms with van der Waals surface area (Å²) in [4.78, 5) is 15.0. The molecule has 0 saturated heterocycles. The third-order valence-electron chi connectivity index (χ3n) is 5.00. The van der Waals surface area contributed by atoms with Gasteiger partial charge in [0.25, 0.3) is 0 Å². The number of alkyl halides is 3. The Kier molecular flexibility index (Phi) is 3.03. The highest BCUT2D eigenvalue weighted by atomic mass is 19.4. The van der Waals surface area contributed by atoms with Crippen LogP contribution in [0.25, 0.3) is 5.57 Å². The standard InChI is InChI=1S/C15H15F3N4O/c16-15(17,18)10-1-6(5-20-14(10)19)11-4-12(22-21-11)13-8-2-7(23)3-9(8)13/h1,4-5,8-10,13-14H,2-3,19H2,(H,21,22)/t8-,9+,10-,13+,14?/m0/s1. The van der Waals surface area contributed by atoms with Gasteiger partial charge in [0.2, 0.25) is 0 Å². The number of aromatic nitrogens is 2. The Morgan fingerprint density at radius 2 is 1.96 bits per heavy atom. The van der Waals surface area contributed by atoms with Crippen LogP contribution in [0.2, 0.25) is 0 Å². The molecule has 0 aromatic carbocycles. The van der Waals surface area contributed by atoms with Crippen LogP contribution in [0.1, 0.15) is 30.1 Å². The van der Waals surface area contributed by atoms with E-state index in [1.54, 1.807) is 6.07 Å². The zero-order valence-electron chi connectivity index (χ0n) is 12.0. The molecule has 2 saturated carbocycles. The molecular formula is C15H15F3N4O. The number of aliphatic imine (C=N–C) groups is 1. The first-order chi connectivity index (χ1) is 10.8. The molecule has 23 heavy (non-hydrogen) atoms. The average molecular weight is 324 g/mol. The lowest BCUT2D eigenvalue weighted by molar-refractivity contribution is -0.165. The molecule has 8 heteroatoms. The Labute approximate surface area is 129 Å². The fraction of sp³-hybridized carbons (Fsp3) is 0.533. The molecule has 0 bridgehead atoms. The number of carbonyl (C=O) groups excluding carboxylic acids is 1. The van der Waals surface area contributed by atoms with Crippen LogP contribution in [0.4, 0.5) is 13.2 Å². The average Bonchev–Trinajstić information content (AvgIpc) is 2.87. The van der Waals surface area contributed by atoms with Gasteiger partial charge in [-0.05, 0) is 17.9 Å². The lowest BCUT2D eigenvalue weighted by Gasteiger charge is -2.24. The van der Waals surface area contributed by atoms with E-state index in [1.807, 2.05) is 0 Å². The zero-order chi connectivity index (χ0) is 16.4. The van der Waals surface area contributed by atoms with Gasteiger partial charge in [0.15, 0.2) is 0 Å². The van der Waals surface area contributed by atoms with Crippen molar-refractivity contribution in [2.24, 2.45) is 28.5 Å². The number of H-pyrrole nitrogens is 1. The molecule has 1 aromatic rings. The number of allylic oxidation sites excluding steroid dienone is 1. The van der Waals surface area contributed by atoms with Crippen molar-refractivity contribution in [1.82, 2.24) is 10.2 Å². The van der Waals surface area contributed by atoms with Crippen LogP contribution in [0, 0.1) is 17.8 Å². The molecule has 1 unspecified atom stereocenters. The van der Waals surface area contributed by atoms with Crippen molar-refractivity contribution in [3.05, 3.63) is 23.5 Å². The first-order valence-corrected chi connectivity index (χ1v) is 7.49. The predicted octanol–water partition coefficient (Wildman–Crippen LogP) is 2.03. The van der Waals surface area contributed by atoms with E-state index >= 15 is 0 Å². The number of fused-ring (bicyclic) bond motifs is 1. The summed E-state index contributed by atoms with van der Waals surface area (Å²) in [5.74, 6) is -0.515. The summed E-state index contributed by atoms with van der Waals surface area (Å²) in [7, 11) is 0. The van der Waals surface area contributed by atoms with Crippen molar-refractivity contribution in [2.45, 2.75) is 31.1 Å². The summed E-state index contributed by atoms with van der Waals surface area (Å²) >= 11 is 0. The van der Waals surface area contributed by atoms with E-state index in [4.69, 9.17) is 5.73 Å². The molecule has 0 amide bonds. The van der Waals surface area contributed by atoms with Gasteiger partial charge in [-0.2, -0.15) is 18.3 Å². The topological polar surface area (TPSA) is 84.1 Å². The van der Waals surface area contributed by atoms with E-state index in [0.717, 1.165) is 11.8 Å².